The zero-order chi connectivity index (χ0) is 12.3. The highest BCUT2D eigenvalue weighted by atomic mass is 16.4. The van der Waals surface area contributed by atoms with Crippen molar-refractivity contribution in [3.05, 3.63) is 12.4 Å². The van der Waals surface area contributed by atoms with Crippen LogP contribution in [-0.2, 0) is 0 Å². The number of hydrogen-bond donors (Lipinski definition) is 2. The minimum absolute atomic E-state index is 0.361. The third kappa shape index (κ3) is 2.59. The maximum Gasteiger partial charge on any atom is 0.413 e. The Kier molecular flexibility index (Phi) is 3.31. The summed E-state index contributed by atoms with van der Waals surface area (Å²) in [5.74, 6) is 0.944. The molecule has 1 amide bonds. The minimum atomic E-state index is -1.03. The number of amides is 1. The molecular formula is C10H16N4O2. The Labute approximate surface area is 94.3 Å². The van der Waals surface area contributed by atoms with Crippen LogP contribution in [0.5, 0.6) is 0 Å². The molecular weight excluding hydrogens is 208 g/mol. The van der Waals surface area contributed by atoms with Crippen LogP contribution in [0.4, 0.5) is 16.4 Å². The van der Waals surface area contributed by atoms with E-state index in [1.807, 2.05) is 20.8 Å². The molecule has 6 heteroatoms. The number of aromatic nitrogens is 2. The van der Waals surface area contributed by atoms with Crippen LogP contribution in [0.15, 0.2) is 12.4 Å². The van der Waals surface area contributed by atoms with Crippen molar-refractivity contribution in [2.75, 3.05) is 17.3 Å². The molecule has 1 aromatic rings. The van der Waals surface area contributed by atoms with E-state index >= 15 is 0 Å². The quantitative estimate of drug-likeness (QED) is 0.800. The first kappa shape index (κ1) is 12.2. The van der Waals surface area contributed by atoms with E-state index < -0.39 is 11.6 Å². The standard InChI is InChI=1S/C10H16N4O2/c1-10(2,3)14(9(15)16)8-5-7(11-4)12-6-13-8/h5-6H,1-4H3,(H,15,16)(H,11,12,13). The average molecular weight is 224 g/mol. The number of carboxylic acid groups (broad SMARTS) is 1. The minimum Gasteiger partial charge on any atom is -0.465 e. The first-order valence-electron chi connectivity index (χ1n) is 4.89. The maximum atomic E-state index is 11.2. The summed E-state index contributed by atoms with van der Waals surface area (Å²) in [5, 5.41) is 12.0. The summed E-state index contributed by atoms with van der Waals surface area (Å²) >= 11 is 0. The topological polar surface area (TPSA) is 78.4 Å². The maximum absolute atomic E-state index is 11.2. The Bertz CT molecular complexity index is 387. The van der Waals surface area contributed by atoms with Crippen LogP contribution in [0.2, 0.25) is 0 Å². The molecule has 1 rings (SSSR count). The lowest BCUT2D eigenvalue weighted by molar-refractivity contribution is 0.195. The van der Waals surface area contributed by atoms with E-state index in [0.717, 1.165) is 0 Å². The van der Waals surface area contributed by atoms with Gasteiger partial charge in [-0.15, -0.1) is 0 Å². The van der Waals surface area contributed by atoms with Crippen molar-refractivity contribution < 1.29 is 9.90 Å². The number of carbonyl (C=O) groups is 1. The van der Waals surface area contributed by atoms with Gasteiger partial charge in [0.25, 0.3) is 0 Å². The Morgan fingerprint density at radius 2 is 2.06 bits per heavy atom. The third-order valence-electron chi connectivity index (χ3n) is 2.00. The predicted octanol–water partition coefficient (Wildman–Crippen LogP) is 1.80. The van der Waals surface area contributed by atoms with Gasteiger partial charge >= 0.3 is 6.09 Å². The molecule has 0 bridgehead atoms. The van der Waals surface area contributed by atoms with Crippen LogP contribution in [0.25, 0.3) is 0 Å². The summed E-state index contributed by atoms with van der Waals surface area (Å²) in [4.78, 5) is 20.3. The molecule has 0 aliphatic rings. The zero-order valence-corrected chi connectivity index (χ0v) is 9.85. The van der Waals surface area contributed by atoms with Gasteiger partial charge in [-0.2, -0.15) is 0 Å². The summed E-state index contributed by atoms with van der Waals surface area (Å²) in [5.41, 5.74) is -0.550. The Hall–Kier alpha value is -1.85. The van der Waals surface area contributed by atoms with Gasteiger partial charge in [-0.1, -0.05) is 0 Å². The molecule has 0 aliphatic heterocycles. The van der Waals surface area contributed by atoms with Crippen LogP contribution < -0.4 is 10.2 Å². The van der Waals surface area contributed by atoms with Gasteiger partial charge < -0.3 is 10.4 Å². The van der Waals surface area contributed by atoms with Crippen molar-refractivity contribution in [1.82, 2.24) is 9.97 Å². The van der Waals surface area contributed by atoms with Crippen molar-refractivity contribution >= 4 is 17.7 Å². The van der Waals surface area contributed by atoms with Crippen molar-refractivity contribution in [2.45, 2.75) is 26.3 Å². The number of anilines is 2. The largest absolute Gasteiger partial charge is 0.465 e. The lowest BCUT2D eigenvalue weighted by Gasteiger charge is -2.32. The monoisotopic (exact) mass is 224 g/mol. The summed E-state index contributed by atoms with van der Waals surface area (Å²) in [6.45, 7) is 5.42. The van der Waals surface area contributed by atoms with E-state index in [0.29, 0.717) is 11.6 Å². The van der Waals surface area contributed by atoms with E-state index in [2.05, 4.69) is 15.3 Å². The number of nitrogens with zero attached hydrogens (tertiary/aromatic N) is 3. The van der Waals surface area contributed by atoms with Crippen LogP contribution in [0.1, 0.15) is 20.8 Å². The number of rotatable bonds is 2. The van der Waals surface area contributed by atoms with Crippen molar-refractivity contribution in [2.24, 2.45) is 0 Å². The first-order chi connectivity index (χ1) is 7.36. The van der Waals surface area contributed by atoms with E-state index in [9.17, 15) is 9.90 Å². The van der Waals surface area contributed by atoms with Crippen LogP contribution in [-0.4, -0.2) is 33.8 Å². The summed E-state index contributed by atoms with van der Waals surface area (Å²) in [6, 6.07) is 1.60. The molecule has 16 heavy (non-hydrogen) atoms. The van der Waals surface area contributed by atoms with Gasteiger partial charge in [0.05, 0.1) is 0 Å². The highest BCUT2D eigenvalue weighted by Gasteiger charge is 2.29. The predicted molar refractivity (Wildman–Crippen MR) is 61.8 cm³/mol. The summed E-state index contributed by atoms with van der Waals surface area (Å²) in [7, 11) is 1.72. The first-order valence-corrected chi connectivity index (χ1v) is 4.89. The molecule has 0 saturated heterocycles. The number of nitrogens with one attached hydrogen (secondary N) is 1. The number of hydrogen-bond acceptors (Lipinski definition) is 4. The van der Waals surface area contributed by atoms with Crippen molar-refractivity contribution in [3.63, 3.8) is 0 Å². The van der Waals surface area contributed by atoms with Gasteiger partial charge in [-0.25, -0.2) is 14.8 Å². The van der Waals surface area contributed by atoms with Crippen LogP contribution in [0.3, 0.4) is 0 Å². The zero-order valence-electron chi connectivity index (χ0n) is 9.85. The van der Waals surface area contributed by atoms with Crippen molar-refractivity contribution in [3.8, 4) is 0 Å². The molecule has 2 N–H and O–H groups in total. The SMILES string of the molecule is CNc1cc(N(C(=O)O)C(C)(C)C)ncn1. The molecule has 0 spiro atoms. The Balaban J connectivity index is 3.16. The molecule has 0 atom stereocenters. The lowest BCUT2D eigenvalue weighted by Crippen LogP contribution is -2.45. The fourth-order valence-electron chi connectivity index (χ4n) is 1.33. The molecule has 0 fully saturated rings. The normalized spacial score (nSPS) is 11.0. The van der Waals surface area contributed by atoms with Crippen LogP contribution in [0, 0.1) is 0 Å². The second-order valence-electron chi connectivity index (χ2n) is 4.30. The molecule has 0 aromatic carbocycles. The fourth-order valence-corrected chi connectivity index (χ4v) is 1.33. The average Bonchev–Trinajstić information content (AvgIpc) is 2.15. The van der Waals surface area contributed by atoms with E-state index in [4.69, 9.17) is 0 Å². The van der Waals surface area contributed by atoms with Gasteiger partial charge in [0.2, 0.25) is 0 Å². The third-order valence-corrected chi connectivity index (χ3v) is 2.00. The molecule has 0 aliphatic carbocycles. The van der Waals surface area contributed by atoms with Gasteiger partial charge in [-0.05, 0) is 20.8 Å². The van der Waals surface area contributed by atoms with Crippen LogP contribution >= 0.6 is 0 Å². The van der Waals surface area contributed by atoms with E-state index in [1.54, 1.807) is 13.1 Å². The summed E-state index contributed by atoms with van der Waals surface area (Å²) < 4.78 is 0. The Morgan fingerprint density at radius 3 is 2.50 bits per heavy atom. The van der Waals surface area contributed by atoms with Gasteiger partial charge in [0.15, 0.2) is 0 Å². The van der Waals surface area contributed by atoms with E-state index in [1.165, 1.54) is 11.2 Å². The second kappa shape index (κ2) is 4.34. The molecule has 0 radical (unpaired) electrons. The molecule has 6 nitrogen and oxygen atoms in total. The molecule has 1 heterocycles. The molecule has 0 unspecified atom stereocenters. The van der Waals surface area contributed by atoms with Crippen molar-refractivity contribution in [1.29, 1.82) is 0 Å². The smallest absolute Gasteiger partial charge is 0.413 e. The van der Waals surface area contributed by atoms with Gasteiger partial charge in [0, 0.05) is 18.7 Å². The molecule has 0 saturated carbocycles. The van der Waals surface area contributed by atoms with E-state index in [-0.39, 0.29) is 0 Å². The fraction of sp³-hybridized carbons (Fsp3) is 0.500. The highest BCUT2D eigenvalue weighted by molar-refractivity contribution is 5.86. The highest BCUT2D eigenvalue weighted by Crippen LogP contribution is 2.22. The lowest BCUT2D eigenvalue weighted by atomic mass is 10.1. The van der Waals surface area contributed by atoms with Gasteiger partial charge in [-0.3, -0.25) is 4.90 Å². The molecule has 1 aromatic heterocycles. The van der Waals surface area contributed by atoms with Gasteiger partial charge in [0.1, 0.15) is 18.0 Å². The summed E-state index contributed by atoms with van der Waals surface area (Å²) in [6.07, 6.45) is 0.302. The second-order valence-corrected chi connectivity index (χ2v) is 4.30. The Morgan fingerprint density at radius 1 is 1.44 bits per heavy atom. The molecule has 88 valence electrons.